The van der Waals surface area contributed by atoms with E-state index in [2.05, 4.69) is 39.9 Å². The maximum atomic E-state index is 10.5. The molecule has 170 valence electrons. The van der Waals surface area contributed by atoms with Crippen molar-refractivity contribution in [3.8, 4) is 5.75 Å². The molecule has 0 saturated heterocycles. The van der Waals surface area contributed by atoms with Crippen molar-refractivity contribution in [3.05, 3.63) is 41.5 Å². The van der Waals surface area contributed by atoms with Crippen LogP contribution in [0.2, 0.25) is 0 Å². The van der Waals surface area contributed by atoms with E-state index >= 15 is 0 Å². The summed E-state index contributed by atoms with van der Waals surface area (Å²) in [6.45, 7) is 5.95. The number of aliphatic imine (C=N–C) groups is 1. The van der Waals surface area contributed by atoms with Crippen molar-refractivity contribution in [1.82, 2.24) is 25.4 Å². The van der Waals surface area contributed by atoms with Crippen LogP contribution in [0.15, 0.2) is 29.3 Å². The number of aliphatic hydroxyl groups is 1. The molecule has 31 heavy (non-hydrogen) atoms. The lowest BCUT2D eigenvalue weighted by atomic mass is 9.73. The molecule has 0 radical (unpaired) electrons. The molecule has 1 saturated carbocycles. The summed E-state index contributed by atoms with van der Waals surface area (Å²) >= 11 is 0. The zero-order valence-corrected chi connectivity index (χ0v) is 19.2. The quantitative estimate of drug-likeness (QED) is 0.441. The van der Waals surface area contributed by atoms with E-state index in [9.17, 15) is 5.11 Å². The van der Waals surface area contributed by atoms with Crippen molar-refractivity contribution < 1.29 is 9.84 Å². The molecule has 2 unspecified atom stereocenters. The van der Waals surface area contributed by atoms with Gasteiger partial charge in [0.2, 0.25) is 0 Å². The minimum atomic E-state index is -0.282. The van der Waals surface area contributed by atoms with Crippen LogP contribution in [0.5, 0.6) is 5.75 Å². The van der Waals surface area contributed by atoms with Gasteiger partial charge in [0, 0.05) is 25.6 Å². The Bertz CT molecular complexity index is 863. The number of ether oxygens (including phenoxy) is 1. The number of nitrogens with zero attached hydrogens (tertiary/aromatic N) is 4. The van der Waals surface area contributed by atoms with Gasteiger partial charge in [-0.1, -0.05) is 31.9 Å². The van der Waals surface area contributed by atoms with Gasteiger partial charge in [0.1, 0.15) is 18.1 Å². The van der Waals surface area contributed by atoms with Gasteiger partial charge < -0.3 is 25.0 Å². The second kappa shape index (κ2) is 10.6. The fourth-order valence-corrected chi connectivity index (χ4v) is 3.90. The number of hydrogen-bond donors (Lipinski definition) is 3. The van der Waals surface area contributed by atoms with Crippen LogP contribution in [0.4, 0.5) is 0 Å². The van der Waals surface area contributed by atoms with E-state index in [1.807, 2.05) is 30.7 Å². The normalized spacial score (nSPS) is 21.7. The van der Waals surface area contributed by atoms with E-state index in [1.54, 1.807) is 7.11 Å². The molecule has 8 nitrogen and oxygen atoms in total. The van der Waals surface area contributed by atoms with Gasteiger partial charge in [0.05, 0.1) is 13.2 Å². The van der Waals surface area contributed by atoms with Crippen molar-refractivity contribution in [3.63, 3.8) is 0 Å². The summed E-state index contributed by atoms with van der Waals surface area (Å²) in [7, 11) is 3.62. The van der Waals surface area contributed by atoms with E-state index in [0.717, 1.165) is 62.0 Å². The molecule has 0 spiro atoms. The molecule has 3 N–H and O–H groups in total. The van der Waals surface area contributed by atoms with Gasteiger partial charge in [-0.3, -0.25) is 0 Å². The second-order valence-electron chi connectivity index (χ2n) is 8.68. The molecule has 2 atom stereocenters. The lowest BCUT2D eigenvalue weighted by Crippen LogP contribution is -2.48. The van der Waals surface area contributed by atoms with Gasteiger partial charge in [-0.2, -0.15) is 0 Å². The fourth-order valence-electron chi connectivity index (χ4n) is 3.90. The molecule has 1 aliphatic rings. The van der Waals surface area contributed by atoms with Crippen molar-refractivity contribution in [2.24, 2.45) is 17.5 Å². The summed E-state index contributed by atoms with van der Waals surface area (Å²) in [6.07, 6.45) is 4.73. The van der Waals surface area contributed by atoms with E-state index in [-0.39, 0.29) is 11.5 Å². The van der Waals surface area contributed by atoms with Crippen molar-refractivity contribution >= 4 is 5.96 Å². The van der Waals surface area contributed by atoms with Crippen molar-refractivity contribution in [2.75, 3.05) is 20.2 Å². The highest BCUT2D eigenvalue weighted by molar-refractivity contribution is 5.79. The molecule has 0 amide bonds. The molecule has 8 heteroatoms. The molecule has 1 aliphatic carbocycles. The predicted molar refractivity (Wildman–Crippen MR) is 122 cm³/mol. The molecule has 1 aromatic carbocycles. The number of nitrogens with one attached hydrogen (secondary N) is 2. The first-order chi connectivity index (χ1) is 14.9. The number of guanidine groups is 1. The number of hydrogen-bond acceptors (Lipinski definition) is 5. The number of rotatable bonds is 8. The Morgan fingerprint density at radius 2 is 2.03 bits per heavy atom. The fraction of sp³-hybridized carbons (Fsp3) is 0.609. The van der Waals surface area contributed by atoms with Crippen LogP contribution in [0, 0.1) is 12.3 Å². The predicted octanol–water partition coefficient (Wildman–Crippen LogP) is 2.35. The largest absolute Gasteiger partial charge is 0.497 e. The Balaban J connectivity index is 1.62. The van der Waals surface area contributed by atoms with Crippen LogP contribution in [-0.4, -0.2) is 52.1 Å². The lowest BCUT2D eigenvalue weighted by molar-refractivity contribution is 0.00397. The first kappa shape index (κ1) is 23.1. The van der Waals surface area contributed by atoms with Gasteiger partial charge in [-0.15, -0.1) is 10.2 Å². The number of aromatic nitrogens is 3. The van der Waals surface area contributed by atoms with Gasteiger partial charge in [-0.05, 0) is 43.9 Å². The molecule has 2 aromatic rings. The van der Waals surface area contributed by atoms with Gasteiger partial charge in [0.25, 0.3) is 0 Å². The second-order valence-corrected chi connectivity index (χ2v) is 8.68. The zero-order valence-electron chi connectivity index (χ0n) is 19.2. The number of aliphatic hydroxyl groups excluding tert-OH is 1. The van der Waals surface area contributed by atoms with Crippen LogP contribution in [0.1, 0.15) is 49.8 Å². The molecule has 1 aromatic heterocycles. The Morgan fingerprint density at radius 3 is 2.68 bits per heavy atom. The Kier molecular flexibility index (Phi) is 7.90. The molecule has 0 aliphatic heterocycles. The average molecular weight is 429 g/mol. The molecule has 0 bridgehead atoms. The highest BCUT2D eigenvalue weighted by Gasteiger charge is 2.35. The smallest absolute Gasteiger partial charge is 0.191 e. The summed E-state index contributed by atoms with van der Waals surface area (Å²) in [5.41, 5.74) is 1.09. The summed E-state index contributed by atoms with van der Waals surface area (Å²) in [4.78, 5) is 4.74. The number of benzene rings is 1. The number of aryl methyl sites for hydroxylation is 1. The highest BCUT2D eigenvalue weighted by atomic mass is 16.5. The Hall–Kier alpha value is -2.61. The van der Waals surface area contributed by atoms with E-state index in [1.165, 1.54) is 5.56 Å². The maximum absolute atomic E-state index is 10.5. The van der Waals surface area contributed by atoms with E-state index in [4.69, 9.17) is 9.73 Å². The Labute approximate surface area is 185 Å². The number of methoxy groups -OCH3 is 1. The van der Waals surface area contributed by atoms with Gasteiger partial charge in [-0.25, -0.2) is 4.99 Å². The van der Waals surface area contributed by atoms with E-state index < -0.39 is 0 Å². The van der Waals surface area contributed by atoms with E-state index in [0.29, 0.717) is 13.1 Å². The minimum absolute atomic E-state index is 0.141. The topological polar surface area (TPSA) is 96.6 Å². The van der Waals surface area contributed by atoms with Crippen molar-refractivity contribution in [2.45, 2.75) is 58.6 Å². The van der Waals surface area contributed by atoms with Crippen LogP contribution in [0.25, 0.3) is 0 Å². The molecule has 3 rings (SSSR count). The summed E-state index contributed by atoms with van der Waals surface area (Å²) < 4.78 is 7.18. The van der Waals surface area contributed by atoms with Crippen LogP contribution >= 0.6 is 0 Å². The standard InChI is InChI=1S/C23H36N6O2/c1-17-27-28-21(29(17)3)15-25-22(26-16-23(2)13-6-5-7-20(23)30)24-14-12-18-8-10-19(31-4)11-9-18/h8-11,20,30H,5-7,12-16H2,1-4H3,(H2,24,25,26). The third-order valence-electron chi connectivity index (χ3n) is 6.37. The summed E-state index contributed by atoms with van der Waals surface area (Å²) in [5.74, 6) is 3.27. The minimum Gasteiger partial charge on any atom is -0.497 e. The first-order valence-corrected chi connectivity index (χ1v) is 11.1. The summed E-state index contributed by atoms with van der Waals surface area (Å²) in [6, 6.07) is 8.10. The van der Waals surface area contributed by atoms with Gasteiger partial charge in [0.15, 0.2) is 11.8 Å². The lowest BCUT2D eigenvalue weighted by Gasteiger charge is -2.38. The molecule has 1 heterocycles. The van der Waals surface area contributed by atoms with Crippen LogP contribution in [0.3, 0.4) is 0 Å². The third-order valence-corrected chi connectivity index (χ3v) is 6.37. The molecule has 1 fully saturated rings. The SMILES string of the molecule is COc1ccc(CCNC(=NCc2nnc(C)n2C)NCC2(C)CCCCC2O)cc1. The van der Waals surface area contributed by atoms with Crippen LogP contribution < -0.4 is 15.4 Å². The third kappa shape index (κ3) is 6.19. The van der Waals surface area contributed by atoms with Gasteiger partial charge >= 0.3 is 0 Å². The maximum Gasteiger partial charge on any atom is 0.191 e. The first-order valence-electron chi connectivity index (χ1n) is 11.1. The van der Waals surface area contributed by atoms with Crippen LogP contribution in [-0.2, 0) is 20.0 Å². The Morgan fingerprint density at radius 1 is 1.26 bits per heavy atom. The average Bonchev–Trinajstić information content (AvgIpc) is 3.10. The van der Waals surface area contributed by atoms with Crippen molar-refractivity contribution in [1.29, 1.82) is 0 Å². The molecular weight excluding hydrogens is 392 g/mol. The highest BCUT2D eigenvalue weighted by Crippen LogP contribution is 2.35. The monoisotopic (exact) mass is 428 g/mol. The zero-order chi connectivity index (χ0) is 22.3. The summed E-state index contributed by atoms with van der Waals surface area (Å²) in [5, 5.41) is 25.7. The molecular formula is C23H36N6O2.